The molecule has 0 bridgehead atoms. The lowest BCUT2D eigenvalue weighted by Crippen LogP contribution is -2.09. The summed E-state index contributed by atoms with van der Waals surface area (Å²) in [4.78, 5) is 0. The number of alkyl halides is 3. The molecule has 1 N–H and O–H groups in total. The second-order valence-electron chi connectivity index (χ2n) is 4.61. The van der Waals surface area contributed by atoms with E-state index in [0.29, 0.717) is 5.02 Å². The molecule has 0 heterocycles. The first-order chi connectivity index (χ1) is 9.77. The molecule has 6 heteroatoms. The van der Waals surface area contributed by atoms with Crippen molar-refractivity contribution in [1.82, 2.24) is 0 Å². The van der Waals surface area contributed by atoms with Crippen LogP contribution in [0.25, 0.3) is 0 Å². The third-order valence-electron chi connectivity index (χ3n) is 3.04. The van der Waals surface area contributed by atoms with Crippen LogP contribution in [0.4, 0.5) is 18.9 Å². The van der Waals surface area contributed by atoms with E-state index in [1.807, 2.05) is 19.1 Å². The van der Waals surface area contributed by atoms with Crippen LogP contribution in [0.5, 0.6) is 0 Å². The van der Waals surface area contributed by atoms with Crippen molar-refractivity contribution in [1.29, 1.82) is 0 Å². The van der Waals surface area contributed by atoms with Gasteiger partial charge < -0.3 is 5.32 Å². The highest BCUT2D eigenvalue weighted by molar-refractivity contribution is 14.1. The molecule has 1 atom stereocenters. The Morgan fingerprint density at radius 1 is 1.10 bits per heavy atom. The van der Waals surface area contributed by atoms with E-state index in [9.17, 15) is 13.2 Å². The number of halogens is 5. The van der Waals surface area contributed by atoms with Crippen LogP contribution in [0.1, 0.15) is 24.1 Å². The second kappa shape index (κ2) is 6.44. The van der Waals surface area contributed by atoms with Crippen LogP contribution in [0.3, 0.4) is 0 Å². The molecule has 2 aromatic rings. The van der Waals surface area contributed by atoms with Gasteiger partial charge in [-0.25, -0.2) is 0 Å². The van der Waals surface area contributed by atoms with Gasteiger partial charge in [0, 0.05) is 20.3 Å². The Hall–Kier alpha value is -0.950. The van der Waals surface area contributed by atoms with Crippen LogP contribution in [-0.4, -0.2) is 0 Å². The quantitative estimate of drug-likeness (QED) is 0.583. The normalized spacial score (nSPS) is 13.0. The SMILES string of the molecule is CC(Nc1ccc(Cl)cc1I)c1ccc(C(F)(F)F)cc1. The largest absolute Gasteiger partial charge is 0.416 e. The van der Waals surface area contributed by atoms with E-state index in [0.717, 1.165) is 27.0 Å². The monoisotopic (exact) mass is 425 g/mol. The summed E-state index contributed by atoms with van der Waals surface area (Å²) in [7, 11) is 0. The third kappa shape index (κ3) is 4.26. The minimum Gasteiger partial charge on any atom is -0.378 e. The molecule has 112 valence electrons. The van der Waals surface area contributed by atoms with Gasteiger partial charge in [0.15, 0.2) is 0 Å². The van der Waals surface area contributed by atoms with Gasteiger partial charge in [-0.05, 0) is 65.4 Å². The van der Waals surface area contributed by atoms with Crippen LogP contribution < -0.4 is 5.32 Å². The topological polar surface area (TPSA) is 12.0 Å². The minimum atomic E-state index is -4.30. The Labute approximate surface area is 139 Å². The summed E-state index contributed by atoms with van der Waals surface area (Å²) in [6.45, 7) is 1.90. The van der Waals surface area contributed by atoms with Crippen LogP contribution in [0, 0.1) is 3.57 Å². The first-order valence-corrected chi connectivity index (χ1v) is 7.62. The summed E-state index contributed by atoms with van der Waals surface area (Å²) in [5.74, 6) is 0. The Kier molecular flexibility index (Phi) is 5.03. The van der Waals surface area contributed by atoms with Gasteiger partial charge in [-0.1, -0.05) is 23.7 Å². The van der Waals surface area contributed by atoms with Crippen LogP contribution in [0.15, 0.2) is 42.5 Å². The predicted molar refractivity (Wildman–Crippen MR) is 87.7 cm³/mol. The fourth-order valence-electron chi connectivity index (χ4n) is 1.88. The lowest BCUT2D eigenvalue weighted by atomic mass is 10.1. The molecule has 0 saturated carbocycles. The molecule has 0 aliphatic carbocycles. The van der Waals surface area contributed by atoms with Gasteiger partial charge in [-0.3, -0.25) is 0 Å². The highest BCUT2D eigenvalue weighted by Gasteiger charge is 2.30. The van der Waals surface area contributed by atoms with Gasteiger partial charge in [0.25, 0.3) is 0 Å². The number of nitrogens with one attached hydrogen (secondary N) is 1. The molecule has 0 aromatic heterocycles. The zero-order chi connectivity index (χ0) is 15.6. The molecular weight excluding hydrogens is 414 g/mol. The van der Waals surface area contributed by atoms with Gasteiger partial charge in [0.2, 0.25) is 0 Å². The molecule has 0 aliphatic heterocycles. The second-order valence-corrected chi connectivity index (χ2v) is 6.21. The van der Waals surface area contributed by atoms with Gasteiger partial charge >= 0.3 is 6.18 Å². The van der Waals surface area contributed by atoms with Crippen LogP contribution in [-0.2, 0) is 6.18 Å². The van der Waals surface area contributed by atoms with Crippen molar-refractivity contribution >= 4 is 39.9 Å². The fourth-order valence-corrected chi connectivity index (χ4v) is 2.91. The number of rotatable bonds is 3. The van der Waals surface area contributed by atoms with Gasteiger partial charge in [-0.15, -0.1) is 0 Å². The van der Waals surface area contributed by atoms with Gasteiger partial charge in [0.1, 0.15) is 0 Å². The average molecular weight is 426 g/mol. The maximum atomic E-state index is 12.5. The van der Waals surface area contributed by atoms with Gasteiger partial charge in [0.05, 0.1) is 5.56 Å². The highest BCUT2D eigenvalue weighted by atomic mass is 127. The minimum absolute atomic E-state index is 0.109. The standard InChI is InChI=1S/C15H12ClF3IN/c1-9(21-14-7-6-12(16)8-13(14)20)10-2-4-11(5-3-10)15(17,18)19/h2-9,21H,1H3. The van der Waals surface area contributed by atoms with Crippen molar-refractivity contribution in [3.63, 3.8) is 0 Å². The van der Waals surface area contributed by atoms with Crippen molar-refractivity contribution in [3.8, 4) is 0 Å². The summed E-state index contributed by atoms with van der Waals surface area (Å²) < 4.78 is 38.5. The molecule has 0 spiro atoms. The summed E-state index contributed by atoms with van der Waals surface area (Å²) in [6, 6.07) is 10.5. The van der Waals surface area contributed by atoms with Gasteiger partial charge in [-0.2, -0.15) is 13.2 Å². The molecule has 21 heavy (non-hydrogen) atoms. The Bertz CT molecular complexity index is 626. The Morgan fingerprint density at radius 3 is 2.24 bits per heavy atom. The maximum absolute atomic E-state index is 12.5. The number of anilines is 1. The smallest absolute Gasteiger partial charge is 0.378 e. The molecule has 0 aliphatic rings. The van der Waals surface area contributed by atoms with E-state index >= 15 is 0 Å². The molecule has 2 aromatic carbocycles. The number of hydrogen-bond acceptors (Lipinski definition) is 1. The number of hydrogen-bond donors (Lipinski definition) is 1. The molecule has 0 saturated heterocycles. The zero-order valence-electron chi connectivity index (χ0n) is 11.0. The van der Waals surface area contributed by atoms with E-state index in [-0.39, 0.29) is 6.04 Å². The first kappa shape index (κ1) is 16.4. The molecule has 0 radical (unpaired) electrons. The summed E-state index contributed by atoms with van der Waals surface area (Å²) in [6.07, 6.45) is -4.30. The van der Waals surface area contributed by atoms with Crippen molar-refractivity contribution in [2.24, 2.45) is 0 Å². The van der Waals surface area contributed by atoms with Crippen molar-refractivity contribution in [2.75, 3.05) is 5.32 Å². The summed E-state index contributed by atoms with van der Waals surface area (Å²) in [5.41, 5.74) is 1.04. The van der Waals surface area contributed by atoms with Crippen LogP contribution >= 0.6 is 34.2 Å². The lowest BCUT2D eigenvalue weighted by Gasteiger charge is -2.18. The molecule has 0 fully saturated rings. The Morgan fingerprint density at radius 2 is 1.71 bits per heavy atom. The number of benzene rings is 2. The first-order valence-electron chi connectivity index (χ1n) is 6.16. The highest BCUT2D eigenvalue weighted by Crippen LogP contribution is 2.31. The van der Waals surface area contributed by atoms with Crippen LogP contribution in [0.2, 0.25) is 5.02 Å². The van der Waals surface area contributed by atoms with Crippen molar-refractivity contribution in [2.45, 2.75) is 19.1 Å². The molecular formula is C15H12ClF3IN. The lowest BCUT2D eigenvalue weighted by molar-refractivity contribution is -0.137. The zero-order valence-corrected chi connectivity index (χ0v) is 13.9. The molecule has 1 nitrogen and oxygen atoms in total. The van der Waals surface area contributed by atoms with E-state index in [4.69, 9.17) is 11.6 Å². The summed E-state index contributed by atoms with van der Waals surface area (Å²) in [5, 5.41) is 3.91. The van der Waals surface area contributed by atoms with E-state index in [1.54, 1.807) is 6.07 Å². The molecule has 0 amide bonds. The molecule has 1 unspecified atom stereocenters. The summed E-state index contributed by atoms with van der Waals surface area (Å²) >= 11 is 8.05. The average Bonchev–Trinajstić information content (AvgIpc) is 2.41. The molecule has 2 rings (SSSR count). The van der Waals surface area contributed by atoms with E-state index < -0.39 is 11.7 Å². The maximum Gasteiger partial charge on any atom is 0.416 e. The van der Waals surface area contributed by atoms with Crippen molar-refractivity contribution < 1.29 is 13.2 Å². The van der Waals surface area contributed by atoms with E-state index in [2.05, 4.69) is 27.9 Å². The third-order valence-corrected chi connectivity index (χ3v) is 4.17. The van der Waals surface area contributed by atoms with Crippen molar-refractivity contribution in [3.05, 3.63) is 62.2 Å². The fraction of sp³-hybridized carbons (Fsp3) is 0.200. The predicted octanol–water partition coefficient (Wildman–Crippen LogP) is 6.14. The Balaban J connectivity index is 2.15. The van der Waals surface area contributed by atoms with E-state index in [1.165, 1.54) is 12.1 Å².